The molecule has 0 unspecified atom stereocenters. The van der Waals surface area contributed by atoms with Crippen molar-refractivity contribution in [2.45, 2.75) is 6.42 Å². The molecule has 0 aliphatic rings. The van der Waals surface area contributed by atoms with Gasteiger partial charge in [-0.05, 0) is 30.2 Å². The number of ether oxygens (including phenoxy) is 3. The average Bonchev–Trinajstić information content (AvgIpc) is 2.84. The fraction of sp³-hybridized carbons (Fsp3) is 0.120. The van der Waals surface area contributed by atoms with Gasteiger partial charge < -0.3 is 19.5 Å². The van der Waals surface area contributed by atoms with Crippen LogP contribution in [0.2, 0.25) is 0 Å². The molecule has 0 aliphatic heterocycles. The molecule has 1 N–H and O–H groups in total. The maximum atomic E-state index is 12.2. The number of fused-ring (bicyclic) bond motifs is 1. The third-order valence-corrected chi connectivity index (χ3v) is 4.79. The summed E-state index contributed by atoms with van der Waals surface area (Å²) in [5, 5.41) is 3.57. The molecule has 1 amide bonds. The molecule has 0 saturated heterocycles. The van der Waals surface area contributed by atoms with Crippen LogP contribution in [0.5, 0.6) is 23.1 Å². The van der Waals surface area contributed by atoms with Crippen LogP contribution in [0.4, 0.5) is 5.69 Å². The topological polar surface area (TPSA) is 82.6 Å². The van der Waals surface area contributed by atoms with Crippen LogP contribution in [0.25, 0.3) is 10.9 Å². The Labute approximate surface area is 186 Å². The summed E-state index contributed by atoms with van der Waals surface area (Å²) < 4.78 is 16.7. The first-order valence-electron chi connectivity index (χ1n) is 9.99. The minimum Gasteiger partial charge on any atom is -0.493 e. The van der Waals surface area contributed by atoms with Crippen LogP contribution in [0.1, 0.15) is 5.56 Å². The Bertz CT molecular complexity index is 1210. The number of anilines is 1. The van der Waals surface area contributed by atoms with E-state index in [2.05, 4.69) is 15.3 Å². The molecule has 0 spiro atoms. The molecular weight excluding hydrogens is 406 g/mol. The van der Waals surface area contributed by atoms with Gasteiger partial charge in [-0.2, -0.15) is 0 Å². The molecule has 7 nitrogen and oxygen atoms in total. The van der Waals surface area contributed by atoms with Gasteiger partial charge in [0.15, 0.2) is 11.5 Å². The first-order chi connectivity index (χ1) is 15.7. The number of amides is 1. The van der Waals surface area contributed by atoms with E-state index in [0.717, 1.165) is 10.9 Å². The molecule has 161 valence electrons. The van der Waals surface area contributed by atoms with Gasteiger partial charge in [-0.25, -0.2) is 4.98 Å². The van der Waals surface area contributed by atoms with Crippen molar-refractivity contribution < 1.29 is 19.0 Å². The fourth-order valence-corrected chi connectivity index (χ4v) is 3.18. The Kier molecular flexibility index (Phi) is 6.46. The van der Waals surface area contributed by atoms with Gasteiger partial charge in [-0.1, -0.05) is 30.3 Å². The largest absolute Gasteiger partial charge is 0.493 e. The van der Waals surface area contributed by atoms with Crippen molar-refractivity contribution in [3.63, 3.8) is 0 Å². The highest BCUT2D eigenvalue weighted by Gasteiger charge is 2.12. The summed E-state index contributed by atoms with van der Waals surface area (Å²) in [7, 11) is 3.15. The number of hydrogen-bond donors (Lipinski definition) is 1. The molecule has 0 fully saturated rings. The smallest absolute Gasteiger partial charge is 0.228 e. The van der Waals surface area contributed by atoms with Crippen LogP contribution in [0, 0.1) is 6.42 Å². The lowest BCUT2D eigenvalue weighted by molar-refractivity contribution is -0.113. The maximum Gasteiger partial charge on any atom is 0.228 e. The highest BCUT2D eigenvalue weighted by molar-refractivity contribution is 5.97. The van der Waals surface area contributed by atoms with Crippen molar-refractivity contribution in [3.05, 3.63) is 85.0 Å². The van der Waals surface area contributed by atoms with Crippen LogP contribution in [-0.4, -0.2) is 30.1 Å². The number of methoxy groups -OCH3 is 2. The lowest BCUT2D eigenvalue weighted by Crippen LogP contribution is -2.13. The number of benzene rings is 2. The van der Waals surface area contributed by atoms with Gasteiger partial charge in [0, 0.05) is 23.7 Å². The maximum absolute atomic E-state index is 12.2. The molecule has 7 heteroatoms. The molecule has 2 heterocycles. The van der Waals surface area contributed by atoms with Gasteiger partial charge in [0.1, 0.15) is 5.75 Å². The quantitative estimate of drug-likeness (QED) is 0.433. The van der Waals surface area contributed by atoms with Gasteiger partial charge in [-0.15, -0.1) is 0 Å². The number of carbonyl (C=O) groups is 1. The zero-order chi connectivity index (χ0) is 22.3. The zero-order valence-corrected chi connectivity index (χ0v) is 17.7. The van der Waals surface area contributed by atoms with Gasteiger partial charge in [0.05, 0.1) is 38.0 Å². The van der Waals surface area contributed by atoms with Gasteiger partial charge in [0.2, 0.25) is 11.8 Å². The van der Waals surface area contributed by atoms with E-state index < -0.39 is 0 Å². The number of aromatic nitrogens is 2. The Morgan fingerprint density at radius 1 is 0.938 bits per heavy atom. The van der Waals surface area contributed by atoms with E-state index in [-0.39, 0.29) is 5.91 Å². The van der Waals surface area contributed by atoms with Crippen LogP contribution < -0.4 is 19.5 Å². The van der Waals surface area contributed by atoms with Crippen molar-refractivity contribution >= 4 is 22.5 Å². The molecule has 0 saturated carbocycles. The van der Waals surface area contributed by atoms with Gasteiger partial charge in [-0.3, -0.25) is 9.78 Å². The van der Waals surface area contributed by atoms with Crippen molar-refractivity contribution in [3.8, 4) is 23.1 Å². The second-order valence-electron chi connectivity index (χ2n) is 6.90. The number of carbonyl (C=O) groups excluding carboxylic acids is 1. The Hall–Kier alpha value is -4.13. The molecule has 32 heavy (non-hydrogen) atoms. The lowest BCUT2D eigenvalue weighted by atomic mass is 10.1. The number of hydrogen-bond acceptors (Lipinski definition) is 6. The molecule has 4 rings (SSSR count). The minimum atomic E-state index is -0.189. The Balaban J connectivity index is 1.43. The highest BCUT2D eigenvalue weighted by atomic mass is 16.5. The minimum absolute atomic E-state index is 0.189. The molecule has 2 aromatic heterocycles. The third-order valence-electron chi connectivity index (χ3n) is 4.79. The van der Waals surface area contributed by atoms with Crippen LogP contribution >= 0.6 is 0 Å². The van der Waals surface area contributed by atoms with E-state index in [0.29, 0.717) is 40.8 Å². The summed E-state index contributed by atoms with van der Waals surface area (Å²) in [5.41, 5.74) is 2.36. The fourth-order valence-electron chi connectivity index (χ4n) is 3.18. The van der Waals surface area contributed by atoms with E-state index in [9.17, 15) is 4.79 Å². The predicted molar refractivity (Wildman–Crippen MR) is 122 cm³/mol. The summed E-state index contributed by atoms with van der Waals surface area (Å²) in [6.45, 7) is 0. The van der Waals surface area contributed by atoms with E-state index in [1.54, 1.807) is 57.3 Å². The van der Waals surface area contributed by atoms with Gasteiger partial charge >= 0.3 is 0 Å². The average molecular weight is 428 g/mol. The summed E-state index contributed by atoms with van der Waals surface area (Å²) in [6.07, 6.45) is 5.37. The van der Waals surface area contributed by atoms with Crippen LogP contribution in [0.15, 0.2) is 73.1 Å². The molecule has 0 atom stereocenters. The second kappa shape index (κ2) is 9.78. The van der Waals surface area contributed by atoms with Crippen molar-refractivity contribution in [2.24, 2.45) is 0 Å². The number of nitrogens with one attached hydrogen (secondary N) is 1. The normalized spacial score (nSPS) is 10.6. The molecule has 2 aromatic carbocycles. The van der Waals surface area contributed by atoms with Crippen LogP contribution in [-0.2, 0) is 11.2 Å². The number of rotatable bonds is 8. The summed E-state index contributed by atoms with van der Waals surface area (Å²) in [6, 6.07) is 18.6. The highest BCUT2D eigenvalue weighted by Crippen LogP contribution is 2.36. The molecule has 0 aliphatic carbocycles. The summed E-state index contributed by atoms with van der Waals surface area (Å²) >= 11 is 0. The third kappa shape index (κ3) is 4.95. The predicted octanol–water partition coefficient (Wildman–Crippen LogP) is 4.82. The molecular formula is C25H22N3O4. The first kappa shape index (κ1) is 21.1. The monoisotopic (exact) mass is 428 g/mol. The van der Waals surface area contributed by atoms with E-state index >= 15 is 0 Å². The Morgan fingerprint density at radius 2 is 1.72 bits per heavy atom. The van der Waals surface area contributed by atoms with Gasteiger partial charge in [0.25, 0.3) is 0 Å². The number of nitrogens with zero attached hydrogens (tertiary/aromatic N) is 2. The molecule has 0 bridgehead atoms. The first-order valence-corrected chi connectivity index (χ1v) is 9.99. The lowest BCUT2D eigenvalue weighted by Gasteiger charge is -2.12. The van der Waals surface area contributed by atoms with Crippen molar-refractivity contribution in [1.82, 2.24) is 9.97 Å². The summed E-state index contributed by atoms with van der Waals surface area (Å²) in [4.78, 5) is 20.8. The van der Waals surface area contributed by atoms with E-state index in [4.69, 9.17) is 14.2 Å². The second-order valence-corrected chi connectivity index (χ2v) is 6.90. The van der Waals surface area contributed by atoms with Crippen molar-refractivity contribution in [2.75, 3.05) is 19.5 Å². The standard InChI is InChI=1S/C25H22N3O4/c1-30-22-14-19-20(15-23(22)31-2)26-13-12-21(19)32-25-11-9-18(16-27-25)28-24(29)10-8-17-6-4-3-5-7-17/h3-7,9-16H,8H2,1-2H3,(H,28,29). The zero-order valence-electron chi connectivity index (χ0n) is 17.7. The summed E-state index contributed by atoms with van der Waals surface area (Å²) in [5.74, 6) is 1.95. The number of pyridine rings is 2. The van der Waals surface area contributed by atoms with Crippen molar-refractivity contribution in [1.29, 1.82) is 0 Å². The SMILES string of the molecule is COc1cc2nccc(Oc3ccc(NC(=O)[CH]Cc4ccccc4)cn3)c2cc1OC. The molecule has 1 radical (unpaired) electrons. The Morgan fingerprint density at radius 3 is 2.44 bits per heavy atom. The van der Waals surface area contributed by atoms with E-state index in [1.807, 2.05) is 36.4 Å². The molecule has 4 aromatic rings. The van der Waals surface area contributed by atoms with Crippen LogP contribution in [0.3, 0.4) is 0 Å². The van der Waals surface area contributed by atoms with E-state index in [1.165, 1.54) is 0 Å².